The Hall–Kier alpha value is -2.08. The maximum Gasteiger partial charge on any atom is 0.279 e. The number of halogens is 2. The van der Waals surface area contributed by atoms with Gasteiger partial charge in [0.15, 0.2) is 13.1 Å². The van der Waals surface area contributed by atoms with E-state index in [9.17, 15) is 9.59 Å². The monoisotopic (exact) mass is 422 g/mol. The quantitative estimate of drug-likeness (QED) is 0.638. The summed E-state index contributed by atoms with van der Waals surface area (Å²) in [6.45, 7) is 6.49. The smallest absolute Gasteiger partial charge is 0.279 e. The first kappa shape index (κ1) is 22.2. The fourth-order valence-corrected chi connectivity index (χ4v) is 3.21. The van der Waals surface area contributed by atoms with Crippen molar-refractivity contribution >= 4 is 46.4 Å². The lowest BCUT2D eigenvalue weighted by atomic mass is 9.98. The molecule has 2 aromatic carbocycles. The van der Waals surface area contributed by atoms with Crippen LogP contribution in [0.3, 0.4) is 0 Å². The third-order valence-electron chi connectivity index (χ3n) is 4.32. The molecule has 2 rings (SSSR count). The molecule has 5 nitrogen and oxygen atoms in total. The number of para-hydroxylation sites is 1. The Morgan fingerprint density at radius 2 is 1.64 bits per heavy atom. The highest BCUT2D eigenvalue weighted by atomic mass is 35.5. The Balaban J connectivity index is 1.92. The van der Waals surface area contributed by atoms with Gasteiger partial charge in [-0.05, 0) is 42.2 Å². The molecule has 0 spiro atoms. The normalized spacial score (nSPS) is 12.0. The van der Waals surface area contributed by atoms with Crippen LogP contribution in [0, 0.1) is 6.92 Å². The van der Waals surface area contributed by atoms with Gasteiger partial charge in [-0.25, -0.2) is 0 Å². The van der Waals surface area contributed by atoms with Crippen molar-refractivity contribution in [2.75, 3.05) is 30.8 Å². The Bertz CT molecular complexity index is 869. The molecule has 1 unspecified atom stereocenters. The minimum absolute atomic E-state index is 0.129. The van der Waals surface area contributed by atoms with Crippen molar-refractivity contribution in [3.8, 4) is 0 Å². The zero-order valence-corrected chi connectivity index (χ0v) is 18.0. The van der Waals surface area contributed by atoms with Gasteiger partial charge in [0.1, 0.15) is 0 Å². The highest BCUT2D eigenvalue weighted by Gasteiger charge is 2.17. The van der Waals surface area contributed by atoms with E-state index in [2.05, 4.69) is 24.5 Å². The molecule has 0 radical (unpaired) electrons. The first-order valence-electron chi connectivity index (χ1n) is 9.13. The molecule has 28 heavy (non-hydrogen) atoms. The van der Waals surface area contributed by atoms with E-state index in [1.54, 1.807) is 25.2 Å². The van der Waals surface area contributed by atoms with Gasteiger partial charge in [-0.1, -0.05) is 55.2 Å². The van der Waals surface area contributed by atoms with Crippen LogP contribution in [0.25, 0.3) is 0 Å². The standard InChI is InChI=1S/C21H25Cl2N3O2/c1-13(2)16-7-5-6-14(3)21(16)25-20(28)12-26(4)11-19(27)24-15-8-9-17(22)18(23)10-15/h5-10,13H,11-12H2,1-4H3,(H,24,27)(H,25,28)/p+1. The van der Waals surface area contributed by atoms with Gasteiger partial charge in [0, 0.05) is 11.4 Å². The van der Waals surface area contributed by atoms with Crippen LogP contribution in [0.2, 0.25) is 10.0 Å². The van der Waals surface area contributed by atoms with Crippen molar-refractivity contribution in [1.82, 2.24) is 0 Å². The zero-order valence-electron chi connectivity index (χ0n) is 16.5. The van der Waals surface area contributed by atoms with E-state index < -0.39 is 0 Å². The molecule has 1 atom stereocenters. The largest absolute Gasteiger partial charge is 0.322 e. The molecular formula is C21H26Cl2N3O2+. The van der Waals surface area contributed by atoms with Gasteiger partial charge >= 0.3 is 0 Å². The summed E-state index contributed by atoms with van der Waals surface area (Å²) in [6.07, 6.45) is 0. The number of aryl methyl sites for hydroxylation is 1. The number of anilines is 2. The van der Waals surface area contributed by atoms with Crippen LogP contribution < -0.4 is 15.5 Å². The van der Waals surface area contributed by atoms with Crippen LogP contribution in [-0.4, -0.2) is 32.0 Å². The third-order valence-corrected chi connectivity index (χ3v) is 5.06. The van der Waals surface area contributed by atoms with Gasteiger partial charge < -0.3 is 15.5 Å². The minimum atomic E-state index is -0.206. The van der Waals surface area contributed by atoms with Crippen LogP contribution in [0.5, 0.6) is 0 Å². The zero-order chi connectivity index (χ0) is 20.8. The van der Waals surface area contributed by atoms with Crippen molar-refractivity contribution in [2.24, 2.45) is 0 Å². The van der Waals surface area contributed by atoms with Crippen molar-refractivity contribution < 1.29 is 14.5 Å². The van der Waals surface area contributed by atoms with Crippen LogP contribution >= 0.6 is 23.2 Å². The summed E-state index contributed by atoms with van der Waals surface area (Å²) in [5, 5.41) is 6.57. The third kappa shape index (κ3) is 6.23. The van der Waals surface area contributed by atoms with E-state index in [-0.39, 0.29) is 24.9 Å². The molecule has 0 aliphatic carbocycles. The maximum atomic E-state index is 12.5. The van der Waals surface area contributed by atoms with E-state index in [0.717, 1.165) is 21.7 Å². The predicted octanol–water partition coefficient (Wildman–Crippen LogP) is 3.52. The summed E-state index contributed by atoms with van der Waals surface area (Å²) >= 11 is 11.8. The maximum absolute atomic E-state index is 12.5. The molecule has 0 saturated carbocycles. The molecule has 0 aliphatic heterocycles. The highest BCUT2D eigenvalue weighted by molar-refractivity contribution is 6.42. The van der Waals surface area contributed by atoms with Gasteiger partial charge in [-0.15, -0.1) is 0 Å². The van der Waals surface area contributed by atoms with Crippen molar-refractivity contribution in [3.05, 3.63) is 57.6 Å². The summed E-state index contributed by atoms with van der Waals surface area (Å²) in [6, 6.07) is 10.9. The summed E-state index contributed by atoms with van der Waals surface area (Å²) in [5.41, 5.74) is 3.55. The molecule has 0 aliphatic rings. The van der Waals surface area contributed by atoms with Crippen LogP contribution in [0.4, 0.5) is 11.4 Å². The Labute approximate surface area is 176 Å². The molecule has 0 aromatic heterocycles. The Morgan fingerprint density at radius 3 is 2.25 bits per heavy atom. The van der Waals surface area contributed by atoms with Gasteiger partial charge in [-0.3, -0.25) is 9.59 Å². The molecule has 2 aromatic rings. The van der Waals surface area contributed by atoms with Gasteiger partial charge in [0.25, 0.3) is 11.8 Å². The Kier molecular flexibility index (Phi) is 7.87. The molecule has 0 saturated heterocycles. The van der Waals surface area contributed by atoms with Crippen molar-refractivity contribution in [2.45, 2.75) is 26.7 Å². The van der Waals surface area contributed by atoms with Gasteiger partial charge in [0.2, 0.25) is 0 Å². The van der Waals surface area contributed by atoms with Crippen LogP contribution in [-0.2, 0) is 9.59 Å². The lowest BCUT2D eigenvalue weighted by Crippen LogP contribution is -3.11. The molecule has 0 fully saturated rings. The second-order valence-electron chi connectivity index (χ2n) is 7.23. The number of carbonyl (C=O) groups excluding carboxylic acids is 2. The van der Waals surface area contributed by atoms with E-state index in [4.69, 9.17) is 23.2 Å². The number of hydrogen-bond acceptors (Lipinski definition) is 2. The number of likely N-dealkylation sites (N-methyl/N-ethyl adjacent to an activating group) is 1. The molecule has 2 amide bonds. The summed E-state index contributed by atoms with van der Waals surface area (Å²) in [7, 11) is 1.80. The lowest BCUT2D eigenvalue weighted by Gasteiger charge is -2.18. The number of carbonyl (C=O) groups is 2. The average molecular weight is 423 g/mol. The molecule has 0 bridgehead atoms. The minimum Gasteiger partial charge on any atom is -0.322 e. The van der Waals surface area contributed by atoms with E-state index in [1.165, 1.54) is 0 Å². The van der Waals surface area contributed by atoms with Gasteiger partial charge in [0.05, 0.1) is 17.1 Å². The second kappa shape index (κ2) is 9.92. The number of amides is 2. The summed E-state index contributed by atoms with van der Waals surface area (Å²) < 4.78 is 0. The van der Waals surface area contributed by atoms with E-state index >= 15 is 0 Å². The van der Waals surface area contributed by atoms with Crippen LogP contribution in [0.1, 0.15) is 30.9 Å². The number of rotatable bonds is 7. The number of quaternary nitrogens is 1. The molecular weight excluding hydrogens is 397 g/mol. The van der Waals surface area contributed by atoms with Crippen molar-refractivity contribution in [1.29, 1.82) is 0 Å². The topological polar surface area (TPSA) is 62.6 Å². The molecule has 150 valence electrons. The fourth-order valence-electron chi connectivity index (χ4n) is 2.92. The number of benzene rings is 2. The van der Waals surface area contributed by atoms with E-state index in [0.29, 0.717) is 21.7 Å². The highest BCUT2D eigenvalue weighted by Crippen LogP contribution is 2.27. The summed E-state index contributed by atoms with van der Waals surface area (Å²) in [5.74, 6) is -0.0317. The predicted molar refractivity (Wildman–Crippen MR) is 116 cm³/mol. The lowest BCUT2D eigenvalue weighted by molar-refractivity contribution is -0.862. The number of nitrogens with one attached hydrogen (secondary N) is 3. The fraction of sp³-hybridized carbons (Fsp3) is 0.333. The van der Waals surface area contributed by atoms with Crippen molar-refractivity contribution in [3.63, 3.8) is 0 Å². The molecule has 0 heterocycles. The molecule has 7 heteroatoms. The first-order valence-corrected chi connectivity index (χ1v) is 9.88. The average Bonchev–Trinajstić information content (AvgIpc) is 2.59. The van der Waals surface area contributed by atoms with E-state index in [1.807, 2.05) is 25.1 Å². The first-order chi connectivity index (χ1) is 13.2. The Morgan fingerprint density at radius 1 is 1.00 bits per heavy atom. The number of hydrogen-bond donors (Lipinski definition) is 3. The van der Waals surface area contributed by atoms with Crippen LogP contribution in [0.15, 0.2) is 36.4 Å². The molecule has 3 N–H and O–H groups in total. The SMILES string of the molecule is Cc1cccc(C(C)C)c1NC(=O)C[NH+](C)CC(=O)Nc1ccc(Cl)c(Cl)c1. The second-order valence-corrected chi connectivity index (χ2v) is 8.04. The summed E-state index contributed by atoms with van der Waals surface area (Å²) in [4.78, 5) is 25.5. The van der Waals surface area contributed by atoms with Gasteiger partial charge in [-0.2, -0.15) is 0 Å².